The van der Waals surface area contributed by atoms with E-state index in [9.17, 15) is 30.0 Å². The SMILES string of the molecule is O=C(O)[C@H]1c2ccccc2C(=O)N(O)[C@@H]1c1ccccc1[N+](=O)[O-]. The van der Waals surface area contributed by atoms with Crippen LogP contribution in [0.1, 0.15) is 33.4 Å². The minimum Gasteiger partial charge on any atom is -0.481 e. The molecule has 0 saturated carbocycles. The first-order chi connectivity index (χ1) is 11.4. The number of nitro benzene ring substituents is 1. The third-order valence-electron chi connectivity index (χ3n) is 4.03. The summed E-state index contributed by atoms with van der Waals surface area (Å²) in [6.07, 6.45) is 0. The van der Waals surface area contributed by atoms with Crippen LogP contribution in [0.5, 0.6) is 0 Å². The van der Waals surface area contributed by atoms with Crippen molar-refractivity contribution in [3.8, 4) is 0 Å². The van der Waals surface area contributed by atoms with E-state index >= 15 is 0 Å². The molecule has 3 rings (SSSR count). The number of hydroxylamine groups is 2. The third-order valence-corrected chi connectivity index (χ3v) is 4.03. The number of carboxylic acid groups (broad SMARTS) is 1. The number of rotatable bonds is 3. The topological polar surface area (TPSA) is 121 Å². The number of nitrogens with zero attached hydrogens (tertiary/aromatic N) is 2. The summed E-state index contributed by atoms with van der Waals surface area (Å²) >= 11 is 0. The van der Waals surface area contributed by atoms with Crippen LogP contribution in [-0.2, 0) is 4.79 Å². The Labute approximate surface area is 135 Å². The maximum atomic E-state index is 12.4. The van der Waals surface area contributed by atoms with E-state index in [0.717, 1.165) is 0 Å². The number of carboxylic acids is 1. The van der Waals surface area contributed by atoms with Gasteiger partial charge < -0.3 is 5.11 Å². The fourth-order valence-electron chi connectivity index (χ4n) is 3.01. The first kappa shape index (κ1) is 15.6. The van der Waals surface area contributed by atoms with Gasteiger partial charge in [-0.25, -0.2) is 5.06 Å². The minimum atomic E-state index is -1.40. The Morgan fingerprint density at radius 2 is 1.67 bits per heavy atom. The Bertz CT molecular complexity index is 850. The summed E-state index contributed by atoms with van der Waals surface area (Å²) in [5.41, 5.74) is -0.133. The molecule has 8 heteroatoms. The second kappa shape index (κ2) is 5.74. The quantitative estimate of drug-likeness (QED) is 0.507. The molecule has 1 aliphatic heterocycles. The zero-order valence-corrected chi connectivity index (χ0v) is 12.2. The standard InChI is InChI=1S/C16H12N2O6/c19-15-10-6-2-1-5-9(10)13(16(20)21)14(17(15)22)11-7-3-4-8-12(11)18(23)24/h1-8,13-14,22H,(H,20,21)/t13-,14+/m0/s1. The zero-order valence-electron chi connectivity index (χ0n) is 12.2. The highest BCUT2D eigenvalue weighted by Gasteiger charge is 2.46. The van der Waals surface area contributed by atoms with Gasteiger partial charge in [-0.1, -0.05) is 30.3 Å². The first-order valence-corrected chi connectivity index (χ1v) is 7.01. The number of fused-ring (bicyclic) bond motifs is 1. The van der Waals surface area contributed by atoms with Crippen molar-refractivity contribution in [2.24, 2.45) is 0 Å². The zero-order chi connectivity index (χ0) is 17.4. The molecule has 24 heavy (non-hydrogen) atoms. The Balaban J connectivity index is 2.26. The molecule has 0 bridgehead atoms. The predicted molar refractivity (Wildman–Crippen MR) is 80.6 cm³/mol. The van der Waals surface area contributed by atoms with Gasteiger partial charge in [0.2, 0.25) is 0 Å². The maximum Gasteiger partial charge on any atom is 0.313 e. The van der Waals surface area contributed by atoms with Crippen LogP contribution in [0.2, 0.25) is 0 Å². The molecule has 1 aliphatic rings. The van der Waals surface area contributed by atoms with Gasteiger partial charge in [0.05, 0.1) is 10.5 Å². The van der Waals surface area contributed by atoms with E-state index in [-0.39, 0.29) is 27.4 Å². The van der Waals surface area contributed by atoms with Crippen LogP contribution < -0.4 is 0 Å². The lowest BCUT2D eigenvalue weighted by Crippen LogP contribution is -2.43. The highest BCUT2D eigenvalue weighted by molar-refractivity contribution is 5.99. The molecule has 0 spiro atoms. The van der Waals surface area contributed by atoms with Gasteiger partial charge in [-0.15, -0.1) is 0 Å². The molecular formula is C16H12N2O6. The summed E-state index contributed by atoms with van der Waals surface area (Å²) in [5.74, 6) is -3.42. The molecule has 2 atom stereocenters. The van der Waals surface area contributed by atoms with E-state index in [1.165, 1.54) is 36.4 Å². The van der Waals surface area contributed by atoms with Gasteiger partial charge in [0, 0.05) is 11.6 Å². The van der Waals surface area contributed by atoms with Gasteiger partial charge in [0.15, 0.2) is 0 Å². The minimum absolute atomic E-state index is 0.0414. The molecule has 2 N–H and O–H groups in total. The number of hydrogen-bond donors (Lipinski definition) is 2. The van der Waals surface area contributed by atoms with E-state index in [2.05, 4.69) is 0 Å². The molecule has 2 aromatic carbocycles. The van der Waals surface area contributed by atoms with E-state index in [0.29, 0.717) is 0 Å². The number of hydrogen-bond acceptors (Lipinski definition) is 5. The maximum absolute atomic E-state index is 12.4. The smallest absolute Gasteiger partial charge is 0.313 e. The van der Waals surface area contributed by atoms with Gasteiger partial charge in [-0.2, -0.15) is 0 Å². The fourth-order valence-corrected chi connectivity index (χ4v) is 3.01. The van der Waals surface area contributed by atoms with Crippen molar-refractivity contribution < 1.29 is 24.8 Å². The van der Waals surface area contributed by atoms with E-state index in [1.54, 1.807) is 12.1 Å². The number of carbonyl (C=O) groups is 2. The number of nitro groups is 1. The second-order valence-corrected chi connectivity index (χ2v) is 5.31. The van der Waals surface area contributed by atoms with Crippen molar-refractivity contribution in [2.45, 2.75) is 12.0 Å². The van der Waals surface area contributed by atoms with Crippen molar-refractivity contribution in [2.75, 3.05) is 0 Å². The number of amides is 1. The summed E-state index contributed by atoms with van der Waals surface area (Å²) in [7, 11) is 0. The molecule has 0 aromatic heterocycles. The Morgan fingerprint density at radius 1 is 1.08 bits per heavy atom. The average molecular weight is 328 g/mol. The highest BCUT2D eigenvalue weighted by Crippen LogP contribution is 2.44. The monoisotopic (exact) mass is 328 g/mol. The van der Waals surface area contributed by atoms with E-state index in [4.69, 9.17) is 0 Å². The van der Waals surface area contributed by atoms with Crippen molar-refractivity contribution in [3.05, 3.63) is 75.3 Å². The van der Waals surface area contributed by atoms with Crippen LogP contribution in [0.3, 0.4) is 0 Å². The molecule has 2 aromatic rings. The lowest BCUT2D eigenvalue weighted by Gasteiger charge is -2.36. The first-order valence-electron chi connectivity index (χ1n) is 7.01. The summed E-state index contributed by atoms with van der Waals surface area (Å²) in [4.78, 5) is 34.8. The molecule has 8 nitrogen and oxygen atoms in total. The van der Waals surface area contributed by atoms with Gasteiger partial charge in [-0.05, 0) is 17.7 Å². The Morgan fingerprint density at radius 3 is 2.29 bits per heavy atom. The van der Waals surface area contributed by atoms with E-state index in [1.807, 2.05) is 0 Å². The Hall–Kier alpha value is -3.26. The molecule has 1 amide bonds. The number of para-hydroxylation sites is 1. The largest absolute Gasteiger partial charge is 0.481 e. The van der Waals surface area contributed by atoms with Crippen LogP contribution in [0.25, 0.3) is 0 Å². The number of benzene rings is 2. The van der Waals surface area contributed by atoms with Crippen molar-refractivity contribution in [1.29, 1.82) is 0 Å². The molecule has 122 valence electrons. The van der Waals surface area contributed by atoms with Crippen molar-refractivity contribution in [1.82, 2.24) is 5.06 Å². The molecule has 0 saturated heterocycles. The third kappa shape index (κ3) is 2.29. The molecule has 1 heterocycles. The second-order valence-electron chi connectivity index (χ2n) is 5.31. The molecule has 0 fully saturated rings. The summed E-state index contributed by atoms with van der Waals surface area (Å²) in [6.45, 7) is 0. The molecular weight excluding hydrogens is 316 g/mol. The van der Waals surface area contributed by atoms with Gasteiger partial charge in [0.1, 0.15) is 12.0 Å². The fraction of sp³-hybridized carbons (Fsp3) is 0.125. The Kier molecular flexibility index (Phi) is 3.74. The molecule has 0 radical (unpaired) electrons. The van der Waals surface area contributed by atoms with Gasteiger partial charge >= 0.3 is 5.97 Å². The van der Waals surface area contributed by atoms with Crippen LogP contribution in [0.15, 0.2) is 48.5 Å². The van der Waals surface area contributed by atoms with Crippen LogP contribution in [0, 0.1) is 10.1 Å². The lowest BCUT2D eigenvalue weighted by molar-refractivity contribution is -0.386. The van der Waals surface area contributed by atoms with E-state index < -0.39 is 28.8 Å². The van der Waals surface area contributed by atoms with Crippen molar-refractivity contribution >= 4 is 17.6 Å². The van der Waals surface area contributed by atoms with Crippen LogP contribution in [0.4, 0.5) is 5.69 Å². The average Bonchev–Trinajstić information content (AvgIpc) is 2.57. The number of carbonyl (C=O) groups excluding carboxylic acids is 1. The normalized spacial score (nSPS) is 19.7. The molecule has 0 unspecified atom stereocenters. The predicted octanol–water partition coefficient (Wildman–Crippen LogP) is 2.35. The summed E-state index contributed by atoms with van der Waals surface area (Å²) in [5, 5.41) is 31.4. The van der Waals surface area contributed by atoms with Gasteiger partial charge in [0.25, 0.3) is 11.6 Å². The van der Waals surface area contributed by atoms with Crippen molar-refractivity contribution in [3.63, 3.8) is 0 Å². The molecule has 0 aliphatic carbocycles. The van der Waals surface area contributed by atoms with Crippen LogP contribution in [-0.4, -0.2) is 32.2 Å². The summed E-state index contributed by atoms with van der Waals surface area (Å²) < 4.78 is 0. The van der Waals surface area contributed by atoms with Crippen LogP contribution >= 0.6 is 0 Å². The van der Waals surface area contributed by atoms with Gasteiger partial charge in [-0.3, -0.25) is 24.9 Å². The number of aliphatic carboxylic acids is 1. The highest BCUT2D eigenvalue weighted by atomic mass is 16.6. The lowest BCUT2D eigenvalue weighted by atomic mass is 9.80. The summed E-state index contributed by atoms with van der Waals surface area (Å²) in [6, 6.07) is 10.1.